The van der Waals surface area contributed by atoms with Crippen molar-refractivity contribution in [2.24, 2.45) is 0 Å². The molecule has 0 bridgehead atoms. The topological polar surface area (TPSA) is 8.88 Å². The molecule has 2 rings (SSSR count). The van der Waals surface area contributed by atoms with Crippen molar-refractivity contribution in [1.29, 1.82) is 0 Å². The van der Waals surface area contributed by atoms with Crippen molar-refractivity contribution in [3.05, 3.63) is 35.6 Å². The summed E-state index contributed by atoms with van der Waals surface area (Å²) in [4.78, 5) is 3.38. The predicted molar refractivity (Wildman–Crippen MR) is 71.3 cm³/mol. The van der Waals surface area contributed by atoms with Crippen LogP contribution >= 0.6 is 0 Å². The van der Waals surface area contributed by atoms with Crippen molar-refractivity contribution >= 4 is 0 Å². The van der Waals surface area contributed by atoms with Gasteiger partial charge in [0.05, 0.1) is 6.04 Å². The molecule has 1 aromatic rings. The number of benzene rings is 1. The SMILES string of the molecule is CCC(C)[NH+]1CC[NH+](Cc2ccc(F)cc2)CC1. The Morgan fingerprint density at radius 3 is 2.28 bits per heavy atom. The summed E-state index contributed by atoms with van der Waals surface area (Å²) in [5, 5.41) is 0. The number of nitrogens with one attached hydrogen (secondary N) is 2. The van der Waals surface area contributed by atoms with Gasteiger partial charge in [0.25, 0.3) is 0 Å². The molecule has 2 N–H and O–H groups in total. The molecule has 1 atom stereocenters. The lowest BCUT2D eigenvalue weighted by atomic mass is 10.1. The Kier molecular flexibility index (Phi) is 4.72. The van der Waals surface area contributed by atoms with Crippen LogP contribution in [0.25, 0.3) is 0 Å². The Labute approximate surface area is 109 Å². The van der Waals surface area contributed by atoms with Gasteiger partial charge in [-0.3, -0.25) is 0 Å². The fraction of sp³-hybridized carbons (Fsp3) is 0.600. The van der Waals surface area contributed by atoms with Crippen LogP contribution in [-0.4, -0.2) is 32.2 Å². The summed E-state index contributed by atoms with van der Waals surface area (Å²) in [5.74, 6) is -0.139. The number of rotatable bonds is 4. The predicted octanol–water partition coefficient (Wildman–Crippen LogP) is -0.0924. The van der Waals surface area contributed by atoms with E-state index in [4.69, 9.17) is 0 Å². The van der Waals surface area contributed by atoms with Gasteiger partial charge in [0.15, 0.2) is 0 Å². The van der Waals surface area contributed by atoms with Crippen LogP contribution in [0.5, 0.6) is 0 Å². The number of halogens is 1. The van der Waals surface area contributed by atoms with E-state index < -0.39 is 0 Å². The molecule has 2 nitrogen and oxygen atoms in total. The first kappa shape index (κ1) is 13.5. The molecule has 0 aliphatic carbocycles. The van der Waals surface area contributed by atoms with Crippen LogP contribution in [0.3, 0.4) is 0 Å². The maximum absolute atomic E-state index is 12.8. The summed E-state index contributed by atoms with van der Waals surface area (Å²) in [6.45, 7) is 10.7. The van der Waals surface area contributed by atoms with Gasteiger partial charge >= 0.3 is 0 Å². The molecule has 1 saturated heterocycles. The van der Waals surface area contributed by atoms with Gasteiger partial charge in [0.1, 0.15) is 38.5 Å². The first-order valence-corrected chi connectivity index (χ1v) is 7.11. The maximum Gasteiger partial charge on any atom is 0.127 e. The fourth-order valence-electron chi connectivity index (χ4n) is 2.77. The van der Waals surface area contributed by atoms with E-state index in [1.54, 1.807) is 21.9 Å². The normalized spacial score (nSPS) is 25.9. The highest BCUT2D eigenvalue weighted by Gasteiger charge is 2.25. The van der Waals surface area contributed by atoms with Crippen LogP contribution in [-0.2, 0) is 6.54 Å². The second-order valence-corrected chi connectivity index (χ2v) is 5.52. The molecule has 1 aliphatic heterocycles. The van der Waals surface area contributed by atoms with Gasteiger partial charge < -0.3 is 9.80 Å². The highest BCUT2D eigenvalue weighted by atomic mass is 19.1. The molecule has 100 valence electrons. The molecule has 0 spiro atoms. The smallest absolute Gasteiger partial charge is 0.127 e. The van der Waals surface area contributed by atoms with Gasteiger partial charge in [-0.15, -0.1) is 0 Å². The maximum atomic E-state index is 12.8. The number of hydrogen-bond donors (Lipinski definition) is 2. The average Bonchev–Trinajstić information content (AvgIpc) is 2.41. The van der Waals surface area contributed by atoms with Gasteiger partial charge in [-0.2, -0.15) is 0 Å². The summed E-state index contributed by atoms with van der Waals surface area (Å²) in [7, 11) is 0. The minimum atomic E-state index is -0.139. The number of quaternary nitrogens is 2. The standard InChI is InChI=1S/C15H23FN2/c1-3-13(2)18-10-8-17(9-11-18)12-14-4-6-15(16)7-5-14/h4-7,13H,3,8-12H2,1-2H3/p+2. The van der Waals surface area contributed by atoms with Gasteiger partial charge in [-0.05, 0) is 25.5 Å². The van der Waals surface area contributed by atoms with Crippen molar-refractivity contribution in [2.75, 3.05) is 26.2 Å². The molecule has 1 aromatic carbocycles. The molecule has 1 unspecified atom stereocenters. The lowest BCUT2D eigenvalue weighted by molar-refractivity contribution is -1.03. The third-order valence-electron chi connectivity index (χ3n) is 4.28. The summed E-state index contributed by atoms with van der Waals surface area (Å²) in [5.41, 5.74) is 1.25. The Hall–Kier alpha value is -0.930. The largest absolute Gasteiger partial charge is 0.323 e. The van der Waals surface area contributed by atoms with Crippen molar-refractivity contribution in [3.8, 4) is 0 Å². The fourth-order valence-corrected chi connectivity index (χ4v) is 2.77. The van der Waals surface area contributed by atoms with Crippen LogP contribution in [0.4, 0.5) is 4.39 Å². The van der Waals surface area contributed by atoms with Gasteiger partial charge in [0.2, 0.25) is 0 Å². The second-order valence-electron chi connectivity index (χ2n) is 5.52. The third-order valence-corrected chi connectivity index (χ3v) is 4.28. The Morgan fingerprint density at radius 1 is 1.11 bits per heavy atom. The minimum Gasteiger partial charge on any atom is -0.323 e. The second kappa shape index (κ2) is 6.30. The van der Waals surface area contributed by atoms with E-state index in [0.717, 1.165) is 12.6 Å². The van der Waals surface area contributed by atoms with Crippen molar-refractivity contribution < 1.29 is 14.2 Å². The third kappa shape index (κ3) is 3.53. The highest BCUT2D eigenvalue weighted by molar-refractivity contribution is 5.14. The molecule has 1 heterocycles. The van der Waals surface area contributed by atoms with Gasteiger partial charge in [-0.1, -0.05) is 19.1 Å². The quantitative estimate of drug-likeness (QED) is 0.741. The van der Waals surface area contributed by atoms with E-state index in [9.17, 15) is 4.39 Å². The molecular formula is C15H25FN2+2. The Bertz CT molecular complexity index is 355. The molecule has 3 heteroatoms. The van der Waals surface area contributed by atoms with Crippen molar-refractivity contribution in [3.63, 3.8) is 0 Å². The van der Waals surface area contributed by atoms with E-state index in [0.29, 0.717) is 0 Å². The highest BCUT2D eigenvalue weighted by Crippen LogP contribution is 2.00. The monoisotopic (exact) mass is 252 g/mol. The van der Waals surface area contributed by atoms with E-state index in [1.165, 1.54) is 38.2 Å². The summed E-state index contributed by atoms with van der Waals surface area (Å²) >= 11 is 0. The van der Waals surface area contributed by atoms with E-state index in [1.807, 2.05) is 12.1 Å². The van der Waals surface area contributed by atoms with Crippen LogP contribution in [0.15, 0.2) is 24.3 Å². The number of piperazine rings is 1. The zero-order valence-electron chi connectivity index (χ0n) is 11.5. The van der Waals surface area contributed by atoms with Crippen LogP contribution in [0.1, 0.15) is 25.8 Å². The Morgan fingerprint density at radius 2 is 1.72 bits per heavy atom. The van der Waals surface area contributed by atoms with Crippen molar-refractivity contribution in [1.82, 2.24) is 0 Å². The lowest BCUT2D eigenvalue weighted by Crippen LogP contribution is -3.29. The van der Waals surface area contributed by atoms with Crippen LogP contribution in [0, 0.1) is 5.82 Å². The Balaban J connectivity index is 1.81. The molecule has 0 saturated carbocycles. The zero-order valence-corrected chi connectivity index (χ0v) is 11.5. The van der Waals surface area contributed by atoms with E-state index in [-0.39, 0.29) is 5.82 Å². The first-order chi connectivity index (χ1) is 8.69. The average molecular weight is 252 g/mol. The molecule has 1 fully saturated rings. The van der Waals surface area contributed by atoms with Gasteiger partial charge in [-0.25, -0.2) is 4.39 Å². The molecule has 18 heavy (non-hydrogen) atoms. The summed E-state index contributed by atoms with van der Waals surface area (Å²) in [6.07, 6.45) is 1.27. The van der Waals surface area contributed by atoms with E-state index in [2.05, 4.69) is 13.8 Å². The first-order valence-electron chi connectivity index (χ1n) is 7.11. The summed E-state index contributed by atoms with van der Waals surface area (Å²) < 4.78 is 12.8. The number of hydrogen-bond acceptors (Lipinski definition) is 0. The molecular weight excluding hydrogens is 227 g/mol. The van der Waals surface area contributed by atoms with Crippen LogP contribution in [0.2, 0.25) is 0 Å². The molecule has 0 radical (unpaired) electrons. The minimum absolute atomic E-state index is 0.139. The van der Waals surface area contributed by atoms with Gasteiger partial charge in [0, 0.05) is 5.56 Å². The molecule has 0 amide bonds. The summed E-state index contributed by atoms with van der Waals surface area (Å²) in [6, 6.07) is 7.74. The van der Waals surface area contributed by atoms with E-state index >= 15 is 0 Å². The molecule has 1 aliphatic rings. The van der Waals surface area contributed by atoms with Crippen molar-refractivity contribution in [2.45, 2.75) is 32.9 Å². The lowest BCUT2D eigenvalue weighted by Gasteiger charge is -2.33. The zero-order chi connectivity index (χ0) is 13.0. The molecule has 0 aromatic heterocycles. The van der Waals surface area contributed by atoms with Crippen LogP contribution < -0.4 is 9.80 Å².